The number of carbonyl (C=O) groups is 3. The highest BCUT2D eigenvalue weighted by Crippen LogP contribution is 2.24. The van der Waals surface area contributed by atoms with Gasteiger partial charge in [-0.2, -0.15) is 4.98 Å². The highest BCUT2D eigenvalue weighted by molar-refractivity contribution is 5.94. The third-order valence-corrected chi connectivity index (χ3v) is 4.44. The van der Waals surface area contributed by atoms with E-state index in [2.05, 4.69) is 21.9 Å². The number of nitrogen functional groups attached to an aromatic ring is 2. The summed E-state index contributed by atoms with van der Waals surface area (Å²) in [6, 6.07) is 3.26. The number of carboxylic acid groups (broad SMARTS) is 2. The first-order chi connectivity index (χ1) is 14.7. The quantitative estimate of drug-likeness (QED) is 0.327. The molecule has 7 N–H and O–H groups in total. The first kappa shape index (κ1) is 21.4. The van der Waals surface area contributed by atoms with Crippen LogP contribution in [0, 0.1) is 0 Å². The van der Waals surface area contributed by atoms with Gasteiger partial charge in [-0.3, -0.25) is 9.59 Å². The van der Waals surface area contributed by atoms with Crippen LogP contribution in [0.3, 0.4) is 0 Å². The zero-order chi connectivity index (χ0) is 22.7. The molecule has 0 aliphatic heterocycles. The van der Waals surface area contributed by atoms with E-state index >= 15 is 0 Å². The van der Waals surface area contributed by atoms with Crippen LogP contribution in [0.25, 0.3) is 16.6 Å². The van der Waals surface area contributed by atoms with Crippen LogP contribution in [0.5, 0.6) is 0 Å². The molecule has 3 heterocycles. The monoisotopic (exact) mass is 428 g/mol. The Labute approximate surface area is 175 Å². The van der Waals surface area contributed by atoms with Crippen molar-refractivity contribution in [3.8, 4) is 0 Å². The second-order valence-corrected chi connectivity index (χ2v) is 6.71. The molecule has 0 radical (unpaired) electrons. The van der Waals surface area contributed by atoms with E-state index in [4.69, 9.17) is 26.1 Å². The lowest BCUT2D eigenvalue weighted by Crippen LogP contribution is -2.41. The normalized spacial score (nSPS) is 11.9. The fourth-order valence-corrected chi connectivity index (χ4v) is 2.97. The van der Waals surface area contributed by atoms with Crippen LogP contribution in [0.15, 0.2) is 35.4 Å². The van der Waals surface area contributed by atoms with Crippen LogP contribution in [0.2, 0.25) is 0 Å². The number of carbonyl (C=O) groups excluding carboxylic acids is 1. The van der Waals surface area contributed by atoms with Gasteiger partial charge in [0.15, 0.2) is 11.6 Å². The van der Waals surface area contributed by atoms with Gasteiger partial charge in [0, 0.05) is 18.2 Å². The summed E-state index contributed by atoms with van der Waals surface area (Å²) in [4.78, 5) is 42.3. The highest BCUT2D eigenvalue weighted by Gasteiger charge is 2.23. The number of nitrogens with zero attached hydrogens (tertiary/aromatic N) is 3. The molecule has 3 aromatic heterocycles. The number of fused-ring (bicyclic) bond motifs is 1. The standard InChI is InChI=1S/C19H20N6O6/c1-9(8-25-7-6-10-15(25)16(20)24-19(21)23-10)12-3-4-13(31-12)17(28)22-11(18(29)30)2-5-14(26)27/h3-4,6-7,11H,1-2,5,8H2,(H,22,28)(H,26,27)(H,29,30)(H4,20,21,23,24)/t11-/m1/s1. The molecule has 3 rings (SSSR count). The Balaban J connectivity index is 1.71. The first-order valence-electron chi connectivity index (χ1n) is 9.07. The number of furan rings is 1. The second-order valence-electron chi connectivity index (χ2n) is 6.71. The molecule has 0 saturated heterocycles. The molecule has 1 atom stereocenters. The van der Waals surface area contributed by atoms with Gasteiger partial charge in [-0.25, -0.2) is 9.78 Å². The van der Waals surface area contributed by atoms with Crippen molar-refractivity contribution in [2.24, 2.45) is 0 Å². The molecule has 0 aliphatic carbocycles. The molecule has 3 aromatic rings. The zero-order valence-corrected chi connectivity index (χ0v) is 16.2. The minimum Gasteiger partial charge on any atom is -0.481 e. The maximum atomic E-state index is 12.3. The van der Waals surface area contributed by atoms with Gasteiger partial charge in [-0.1, -0.05) is 6.58 Å². The molecule has 0 saturated carbocycles. The number of anilines is 2. The predicted octanol–water partition coefficient (Wildman–Crippen LogP) is 0.950. The summed E-state index contributed by atoms with van der Waals surface area (Å²) in [7, 11) is 0. The molecule has 0 fully saturated rings. The van der Waals surface area contributed by atoms with Crippen LogP contribution in [-0.2, 0) is 16.1 Å². The third kappa shape index (κ3) is 4.80. The highest BCUT2D eigenvalue weighted by atomic mass is 16.4. The smallest absolute Gasteiger partial charge is 0.326 e. The Bertz CT molecular complexity index is 1180. The molecule has 0 aliphatic rings. The van der Waals surface area contributed by atoms with Crippen molar-refractivity contribution < 1.29 is 29.0 Å². The summed E-state index contributed by atoms with van der Waals surface area (Å²) in [6.07, 6.45) is 1.07. The van der Waals surface area contributed by atoms with E-state index < -0.39 is 30.3 Å². The van der Waals surface area contributed by atoms with Crippen molar-refractivity contribution in [1.29, 1.82) is 0 Å². The third-order valence-electron chi connectivity index (χ3n) is 4.44. The Kier molecular flexibility index (Phi) is 5.90. The van der Waals surface area contributed by atoms with E-state index in [-0.39, 0.29) is 30.5 Å². The number of rotatable bonds is 9. The largest absolute Gasteiger partial charge is 0.481 e. The van der Waals surface area contributed by atoms with E-state index in [9.17, 15) is 14.4 Å². The number of aromatic nitrogens is 3. The summed E-state index contributed by atoms with van der Waals surface area (Å²) < 4.78 is 7.26. The predicted molar refractivity (Wildman–Crippen MR) is 110 cm³/mol. The number of aliphatic carboxylic acids is 2. The van der Waals surface area contributed by atoms with Gasteiger partial charge in [-0.05, 0) is 24.6 Å². The lowest BCUT2D eigenvalue weighted by Gasteiger charge is -2.12. The minimum atomic E-state index is -1.36. The molecular weight excluding hydrogens is 408 g/mol. The summed E-state index contributed by atoms with van der Waals surface area (Å²) in [5.74, 6) is -2.84. The number of hydrogen-bond acceptors (Lipinski definition) is 8. The fourth-order valence-electron chi connectivity index (χ4n) is 2.97. The van der Waals surface area contributed by atoms with Crippen LogP contribution in [-0.4, -0.2) is 48.6 Å². The van der Waals surface area contributed by atoms with Crippen molar-refractivity contribution >= 4 is 46.2 Å². The van der Waals surface area contributed by atoms with Crippen LogP contribution < -0.4 is 16.8 Å². The number of nitrogens with two attached hydrogens (primary N) is 2. The lowest BCUT2D eigenvalue weighted by atomic mass is 10.1. The number of hydrogen-bond donors (Lipinski definition) is 5. The van der Waals surface area contributed by atoms with Crippen LogP contribution >= 0.6 is 0 Å². The summed E-state index contributed by atoms with van der Waals surface area (Å²) in [5, 5.41) is 20.1. The molecule has 12 nitrogen and oxygen atoms in total. The van der Waals surface area contributed by atoms with Crippen molar-refractivity contribution in [1.82, 2.24) is 19.9 Å². The molecule has 162 valence electrons. The van der Waals surface area contributed by atoms with Gasteiger partial charge >= 0.3 is 11.9 Å². The Morgan fingerprint density at radius 1 is 1.16 bits per heavy atom. The van der Waals surface area contributed by atoms with Gasteiger partial charge in [0.1, 0.15) is 17.3 Å². The van der Waals surface area contributed by atoms with Gasteiger partial charge in [0.25, 0.3) is 5.91 Å². The molecular formula is C19H20N6O6. The first-order valence-corrected chi connectivity index (χ1v) is 9.07. The molecule has 12 heteroatoms. The van der Waals surface area contributed by atoms with E-state index in [1.807, 2.05) is 0 Å². The molecule has 0 unspecified atom stereocenters. The Morgan fingerprint density at radius 3 is 2.55 bits per heavy atom. The zero-order valence-electron chi connectivity index (χ0n) is 16.2. The lowest BCUT2D eigenvalue weighted by molar-refractivity contribution is -0.140. The van der Waals surface area contributed by atoms with Crippen molar-refractivity contribution in [2.45, 2.75) is 25.4 Å². The SMILES string of the molecule is C=C(Cn1ccc2nc(N)nc(N)c21)c1ccc(C(=O)N[C@H](CCC(=O)O)C(=O)O)o1. The molecule has 0 bridgehead atoms. The topological polar surface area (TPSA) is 200 Å². The summed E-state index contributed by atoms with van der Waals surface area (Å²) in [6.45, 7) is 4.21. The minimum absolute atomic E-state index is 0.0614. The number of nitrogens with one attached hydrogen (secondary N) is 1. The summed E-state index contributed by atoms with van der Waals surface area (Å²) >= 11 is 0. The van der Waals surface area contributed by atoms with Crippen molar-refractivity contribution in [3.05, 3.63) is 42.5 Å². The van der Waals surface area contributed by atoms with Crippen LogP contribution in [0.4, 0.5) is 11.8 Å². The van der Waals surface area contributed by atoms with Gasteiger partial charge in [0.05, 0.1) is 12.1 Å². The van der Waals surface area contributed by atoms with Gasteiger partial charge in [0.2, 0.25) is 5.95 Å². The van der Waals surface area contributed by atoms with Gasteiger partial charge < -0.3 is 36.0 Å². The van der Waals surface area contributed by atoms with E-state index in [0.717, 1.165) is 0 Å². The summed E-state index contributed by atoms with van der Waals surface area (Å²) in [5.41, 5.74) is 13.2. The fraction of sp³-hybridized carbons (Fsp3) is 0.211. The maximum absolute atomic E-state index is 12.3. The van der Waals surface area contributed by atoms with Crippen molar-refractivity contribution in [3.63, 3.8) is 0 Å². The average Bonchev–Trinajstić information content (AvgIpc) is 3.32. The molecule has 0 aromatic carbocycles. The van der Waals surface area contributed by atoms with Crippen molar-refractivity contribution in [2.75, 3.05) is 11.5 Å². The molecule has 31 heavy (non-hydrogen) atoms. The van der Waals surface area contributed by atoms with E-state index in [1.165, 1.54) is 12.1 Å². The maximum Gasteiger partial charge on any atom is 0.326 e. The van der Waals surface area contributed by atoms with E-state index in [0.29, 0.717) is 22.4 Å². The molecule has 0 spiro atoms. The number of allylic oxidation sites excluding steroid dienone is 1. The Morgan fingerprint density at radius 2 is 1.87 bits per heavy atom. The van der Waals surface area contributed by atoms with Crippen LogP contribution in [0.1, 0.15) is 29.2 Å². The average molecular weight is 428 g/mol. The second kappa shape index (κ2) is 8.57. The number of carboxylic acids is 2. The van der Waals surface area contributed by atoms with Gasteiger partial charge in [-0.15, -0.1) is 0 Å². The Hall–Kier alpha value is -4.35. The molecule has 1 amide bonds. The van der Waals surface area contributed by atoms with E-state index in [1.54, 1.807) is 16.8 Å². The number of amides is 1.